The van der Waals surface area contributed by atoms with Gasteiger partial charge in [-0.3, -0.25) is 24.9 Å². The fourth-order valence-corrected chi connectivity index (χ4v) is 5.73. The Bertz CT molecular complexity index is 1610. The van der Waals surface area contributed by atoms with Crippen molar-refractivity contribution in [2.45, 2.75) is 25.9 Å². The highest BCUT2D eigenvalue weighted by molar-refractivity contribution is 7.17. The van der Waals surface area contributed by atoms with Gasteiger partial charge in [0.25, 0.3) is 11.8 Å². The average molecular weight is 573 g/mol. The molecule has 0 unspecified atom stereocenters. The second-order valence-electron chi connectivity index (χ2n) is 10.3. The summed E-state index contributed by atoms with van der Waals surface area (Å²) in [5, 5.41) is 19.5. The van der Waals surface area contributed by atoms with Crippen molar-refractivity contribution in [3.63, 3.8) is 0 Å². The highest BCUT2D eigenvalue weighted by atomic mass is 32.1. The number of ether oxygens (including phenoxy) is 1. The Morgan fingerprint density at radius 2 is 2.02 bits per heavy atom. The molecule has 2 N–H and O–H groups in total. The fraction of sp³-hybridized carbons (Fsp3) is 0.345. The number of carbonyl (C=O) groups is 2. The lowest BCUT2D eigenvalue weighted by Crippen LogP contribution is -2.49. The van der Waals surface area contributed by atoms with Gasteiger partial charge in [-0.25, -0.2) is 4.98 Å². The van der Waals surface area contributed by atoms with Crippen LogP contribution in [0.15, 0.2) is 60.4 Å². The number of imidazole rings is 1. The third kappa shape index (κ3) is 6.22. The van der Waals surface area contributed by atoms with Crippen molar-refractivity contribution in [1.29, 1.82) is 5.26 Å². The molecule has 4 heterocycles. The molecule has 1 saturated heterocycles. The number of nitrogens with zero attached hydrogens (tertiary/aromatic N) is 6. The SMILES string of the molecule is CN(CCn1c(NC(=O)c2ccc(-c3cn[nH]c3)s2)nc2ccccc21)C(=O)C(C#N)=CC(C)(C)N1CCOCC1. The van der Waals surface area contributed by atoms with E-state index < -0.39 is 5.54 Å². The van der Waals surface area contributed by atoms with Gasteiger partial charge in [-0.2, -0.15) is 10.4 Å². The summed E-state index contributed by atoms with van der Waals surface area (Å²) in [4.78, 5) is 36.3. The number of para-hydroxylation sites is 2. The predicted octanol–water partition coefficient (Wildman–Crippen LogP) is 3.76. The van der Waals surface area contributed by atoms with Crippen LogP contribution in [0.25, 0.3) is 21.5 Å². The molecule has 4 aromatic rings. The minimum atomic E-state index is -0.470. The maximum absolute atomic E-state index is 13.3. The average Bonchev–Trinajstić information content (AvgIpc) is 3.75. The van der Waals surface area contributed by atoms with Crippen LogP contribution in [-0.2, 0) is 16.1 Å². The number of morpholine rings is 1. The van der Waals surface area contributed by atoms with Gasteiger partial charge < -0.3 is 14.2 Å². The summed E-state index contributed by atoms with van der Waals surface area (Å²) in [6.45, 7) is 7.42. The monoisotopic (exact) mass is 572 g/mol. The number of aromatic nitrogens is 4. The molecule has 1 fully saturated rings. The molecular formula is C29H32N8O3S. The number of carbonyl (C=O) groups excluding carboxylic acids is 2. The number of anilines is 1. The van der Waals surface area contributed by atoms with E-state index >= 15 is 0 Å². The number of amides is 2. The van der Waals surface area contributed by atoms with Crippen molar-refractivity contribution in [3.05, 3.63) is 65.3 Å². The highest BCUT2D eigenvalue weighted by Gasteiger charge is 2.29. The van der Waals surface area contributed by atoms with Gasteiger partial charge in [0, 0.05) is 55.4 Å². The minimum Gasteiger partial charge on any atom is -0.379 e. The standard InChI is InChI=1S/C29H32N8O3S/c1-29(2,36-12-14-40-15-13-36)16-20(17-30)27(39)35(3)10-11-37-23-7-5-4-6-22(23)33-28(37)34-26(38)25-9-8-24(41-25)21-18-31-32-19-21/h4-9,16,18-19H,10-15H2,1-3H3,(H,31,32)(H,33,34,38). The summed E-state index contributed by atoms with van der Waals surface area (Å²) < 4.78 is 7.33. The Morgan fingerprint density at radius 3 is 2.76 bits per heavy atom. The second-order valence-corrected chi connectivity index (χ2v) is 11.4. The van der Waals surface area contributed by atoms with Gasteiger partial charge in [0.15, 0.2) is 0 Å². The Morgan fingerprint density at radius 1 is 1.24 bits per heavy atom. The minimum absolute atomic E-state index is 0.0964. The number of thiophene rings is 1. The molecule has 1 aliphatic heterocycles. The molecule has 212 valence electrons. The van der Waals surface area contributed by atoms with Crippen molar-refractivity contribution >= 4 is 40.1 Å². The lowest BCUT2D eigenvalue weighted by atomic mass is 9.98. The first-order chi connectivity index (χ1) is 19.8. The molecule has 0 bridgehead atoms. The molecule has 41 heavy (non-hydrogen) atoms. The van der Waals surface area contributed by atoms with Crippen molar-refractivity contribution in [3.8, 4) is 16.5 Å². The Balaban J connectivity index is 1.31. The molecule has 11 nitrogen and oxygen atoms in total. The topological polar surface area (TPSA) is 132 Å². The van der Waals surface area contributed by atoms with Crippen molar-refractivity contribution in [2.24, 2.45) is 0 Å². The summed E-state index contributed by atoms with van der Waals surface area (Å²) in [5.74, 6) is -0.236. The van der Waals surface area contributed by atoms with Gasteiger partial charge in [0.05, 0.1) is 35.3 Å². The largest absolute Gasteiger partial charge is 0.379 e. The molecule has 0 atom stereocenters. The van der Waals surface area contributed by atoms with Crippen molar-refractivity contribution in [2.75, 3.05) is 45.2 Å². The number of likely N-dealkylation sites (N-methyl/N-ethyl adjacent to an activating group) is 1. The molecule has 0 spiro atoms. The number of rotatable bonds is 9. The van der Waals surface area contributed by atoms with E-state index in [4.69, 9.17) is 4.74 Å². The molecule has 3 aromatic heterocycles. The maximum atomic E-state index is 13.3. The van der Waals surface area contributed by atoms with Crippen LogP contribution in [0.1, 0.15) is 23.5 Å². The van der Waals surface area contributed by atoms with Crippen LogP contribution in [0.4, 0.5) is 5.95 Å². The number of hydrogen-bond acceptors (Lipinski definition) is 8. The zero-order valence-corrected chi connectivity index (χ0v) is 24.1. The zero-order valence-electron chi connectivity index (χ0n) is 23.3. The van der Waals surface area contributed by atoms with Crippen LogP contribution in [0, 0.1) is 11.3 Å². The van der Waals surface area contributed by atoms with E-state index in [9.17, 15) is 14.9 Å². The molecule has 0 radical (unpaired) electrons. The number of benzene rings is 1. The maximum Gasteiger partial charge on any atom is 0.268 e. The number of H-pyrrole nitrogens is 1. The van der Waals surface area contributed by atoms with Gasteiger partial charge in [0.2, 0.25) is 5.95 Å². The van der Waals surface area contributed by atoms with Crippen LogP contribution >= 0.6 is 11.3 Å². The van der Waals surface area contributed by atoms with Gasteiger partial charge in [-0.15, -0.1) is 11.3 Å². The van der Waals surface area contributed by atoms with E-state index in [-0.39, 0.29) is 17.4 Å². The normalized spacial score (nSPS) is 14.6. The van der Waals surface area contributed by atoms with Crippen LogP contribution in [0.5, 0.6) is 0 Å². The van der Waals surface area contributed by atoms with Crippen LogP contribution in [-0.4, -0.2) is 86.8 Å². The Labute approximate surface area is 242 Å². The number of fused-ring (bicyclic) bond motifs is 1. The third-order valence-corrected chi connectivity index (χ3v) is 8.31. The van der Waals surface area contributed by atoms with E-state index in [0.29, 0.717) is 37.1 Å². The van der Waals surface area contributed by atoms with Gasteiger partial charge in [-0.05, 0) is 44.2 Å². The second kappa shape index (κ2) is 12.1. The number of aromatic amines is 1. The summed E-state index contributed by atoms with van der Waals surface area (Å²) in [6.07, 6.45) is 5.23. The van der Waals surface area contributed by atoms with E-state index in [1.165, 1.54) is 16.2 Å². The van der Waals surface area contributed by atoms with E-state index in [1.54, 1.807) is 31.6 Å². The molecule has 1 aliphatic rings. The first-order valence-corrected chi connectivity index (χ1v) is 14.2. The van der Waals surface area contributed by atoms with Gasteiger partial charge in [0.1, 0.15) is 11.6 Å². The number of nitrogens with one attached hydrogen (secondary N) is 2. The van der Waals surface area contributed by atoms with E-state index in [1.807, 2.05) is 48.7 Å². The fourth-order valence-electron chi connectivity index (χ4n) is 4.84. The van der Waals surface area contributed by atoms with Crippen LogP contribution < -0.4 is 5.32 Å². The molecule has 2 amide bonds. The highest BCUT2D eigenvalue weighted by Crippen LogP contribution is 2.28. The zero-order chi connectivity index (χ0) is 29.0. The van der Waals surface area contributed by atoms with Gasteiger partial charge >= 0.3 is 0 Å². The molecule has 5 rings (SSSR count). The number of nitriles is 1. The lowest BCUT2D eigenvalue weighted by Gasteiger charge is -2.39. The first-order valence-electron chi connectivity index (χ1n) is 13.3. The van der Waals surface area contributed by atoms with E-state index in [0.717, 1.165) is 34.6 Å². The van der Waals surface area contributed by atoms with E-state index in [2.05, 4.69) is 31.5 Å². The summed E-state index contributed by atoms with van der Waals surface area (Å²) in [6, 6.07) is 13.3. The summed E-state index contributed by atoms with van der Waals surface area (Å²) in [7, 11) is 1.68. The van der Waals surface area contributed by atoms with Crippen LogP contribution in [0.3, 0.4) is 0 Å². The van der Waals surface area contributed by atoms with Crippen LogP contribution in [0.2, 0.25) is 0 Å². The van der Waals surface area contributed by atoms with Crippen molar-refractivity contribution in [1.82, 2.24) is 29.5 Å². The number of hydrogen-bond donors (Lipinski definition) is 2. The summed E-state index contributed by atoms with van der Waals surface area (Å²) >= 11 is 1.36. The quantitative estimate of drug-likeness (QED) is 0.231. The molecule has 0 aliphatic carbocycles. The predicted molar refractivity (Wildman–Crippen MR) is 157 cm³/mol. The van der Waals surface area contributed by atoms with Crippen molar-refractivity contribution < 1.29 is 14.3 Å². The molecule has 0 saturated carbocycles. The summed E-state index contributed by atoms with van der Waals surface area (Å²) in [5.41, 5.74) is 2.10. The Hall–Kier alpha value is -4.31. The Kier molecular flexibility index (Phi) is 8.30. The van der Waals surface area contributed by atoms with Gasteiger partial charge in [-0.1, -0.05) is 12.1 Å². The lowest BCUT2D eigenvalue weighted by molar-refractivity contribution is -0.125. The smallest absolute Gasteiger partial charge is 0.268 e. The first kappa shape index (κ1) is 28.2. The molecule has 1 aromatic carbocycles. The molecule has 12 heteroatoms. The molecular weight excluding hydrogens is 540 g/mol. The third-order valence-electron chi connectivity index (χ3n) is 7.17.